The Balaban J connectivity index is 1.76. The molecule has 0 radical (unpaired) electrons. The average Bonchev–Trinajstić information content (AvgIpc) is 2.59. The molecule has 1 aliphatic rings. The lowest BCUT2D eigenvalue weighted by Crippen LogP contribution is -2.33. The van der Waals surface area contributed by atoms with Crippen molar-refractivity contribution in [2.75, 3.05) is 23.3 Å². The molecule has 0 bridgehead atoms. The molecule has 2 aromatic rings. The first-order valence-electron chi connectivity index (χ1n) is 8.00. The van der Waals surface area contributed by atoms with Gasteiger partial charge in [-0.25, -0.2) is 4.98 Å². The molecule has 1 aliphatic heterocycles. The van der Waals surface area contributed by atoms with Gasteiger partial charge in [-0.1, -0.05) is 30.1 Å². The smallest absolute Gasteiger partial charge is 0.255 e. The number of anilines is 2. The second-order valence-electron chi connectivity index (χ2n) is 6.15. The zero-order valence-electron chi connectivity index (χ0n) is 13.4. The second kappa shape index (κ2) is 7.41. The highest BCUT2D eigenvalue weighted by Crippen LogP contribution is 2.26. The molecule has 1 N–H and O–H groups in total. The van der Waals surface area contributed by atoms with Gasteiger partial charge >= 0.3 is 0 Å². The van der Waals surface area contributed by atoms with Gasteiger partial charge in [-0.05, 0) is 49.1 Å². The average molecular weight is 364 g/mol. The Morgan fingerprint density at radius 2 is 1.96 bits per heavy atom. The topological polar surface area (TPSA) is 45.2 Å². The van der Waals surface area contributed by atoms with Gasteiger partial charge in [0.2, 0.25) is 0 Å². The zero-order chi connectivity index (χ0) is 17.1. The van der Waals surface area contributed by atoms with Crippen molar-refractivity contribution in [1.29, 1.82) is 0 Å². The van der Waals surface area contributed by atoms with Crippen molar-refractivity contribution in [1.82, 2.24) is 4.98 Å². The summed E-state index contributed by atoms with van der Waals surface area (Å²) in [6, 6.07) is 8.50. The first kappa shape index (κ1) is 17.1. The number of carbonyl (C=O) groups excluding carboxylic acids is 1. The second-order valence-corrected chi connectivity index (χ2v) is 6.99. The number of halogens is 2. The van der Waals surface area contributed by atoms with Crippen LogP contribution in [-0.4, -0.2) is 24.0 Å². The Labute approximate surface area is 151 Å². The van der Waals surface area contributed by atoms with E-state index in [9.17, 15) is 4.79 Å². The molecule has 0 unspecified atom stereocenters. The molecule has 1 saturated heterocycles. The number of aromatic nitrogens is 1. The first-order valence-corrected chi connectivity index (χ1v) is 8.76. The number of nitrogens with one attached hydrogen (secondary N) is 1. The third-order valence-corrected chi connectivity index (χ3v) is 4.86. The van der Waals surface area contributed by atoms with Gasteiger partial charge in [-0.2, -0.15) is 0 Å². The first-order chi connectivity index (χ1) is 11.5. The number of amides is 1. The molecule has 24 heavy (non-hydrogen) atoms. The summed E-state index contributed by atoms with van der Waals surface area (Å²) >= 11 is 12.1. The lowest BCUT2D eigenvalue weighted by Gasteiger charge is -2.31. The van der Waals surface area contributed by atoms with E-state index >= 15 is 0 Å². The van der Waals surface area contributed by atoms with Crippen LogP contribution in [0, 0.1) is 5.92 Å². The summed E-state index contributed by atoms with van der Waals surface area (Å²) in [6.45, 7) is 4.21. The molecule has 4 nitrogen and oxygen atoms in total. The molecular formula is C18H19Cl2N3O. The minimum absolute atomic E-state index is 0.229. The molecule has 0 aliphatic carbocycles. The van der Waals surface area contributed by atoms with Gasteiger partial charge in [0.25, 0.3) is 5.91 Å². The Bertz CT molecular complexity index is 743. The van der Waals surface area contributed by atoms with Crippen molar-refractivity contribution in [2.45, 2.75) is 19.8 Å². The maximum absolute atomic E-state index is 12.5. The lowest BCUT2D eigenvalue weighted by molar-refractivity contribution is 0.102. The minimum Gasteiger partial charge on any atom is -0.357 e. The van der Waals surface area contributed by atoms with Crippen molar-refractivity contribution in [3.8, 4) is 0 Å². The number of benzene rings is 1. The number of nitrogens with zero attached hydrogens (tertiary/aromatic N) is 2. The van der Waals surface area contributed by atoms with E-state index in [4.69, 9.17) is 23.2 Å². The maximum Gasteiger partial charge on any atom is 0.255 e. The summed E-state index contributed by atoms with van der Waals surface area (Å²) in [5.74, 6) is 1.36. The Morgan fingerprint density at radius 3 is 2.71 bits per heavy atom. The van der Waals surface area contributed by atoms with Gasteiger partial charge in [-0.3, -0.25) is 4.79 Å². The quantitative estimate of drug-likeness (QED) is 0.845. The van der Waals surface area contributed by atoms with Crippen LogP contribution in [0.15, 0.2) is 36.5 Å². The van der Waals surface area contributed by atoms with Crippen LogP contribution in [0.4, 0.5) is 11.5 Å². The van der Waals surface area contributed by atoms with E-state index in [1.54, 1.807) is 30.5 Å². The molecule has 6 heteroatoms. The number of rotatable bonds is 3. The Hall–Kier alpha value is -1.78. The summed E-state index contributed by atoms with van der Waals surface area (Å²) in [5, 5.41) is 3.77. The molecule has 126 valence electrons. The summed E-state index contributed by atoms with van der Waals surface area (Å²) in [4.78, 5) is 19.1. The Morgan fingerprint density at radius 1 is 1.21 bits per heavy atom. The molecular weight excluding hydrogens is 345 g/mol. The van der Waals surface area contributed by atoms with E-state index in [0.29, 0.717) is 21.3 Å². The van der Waals surface area contributed by atoms with Crippen molar-refractivity contribution in [3.05, 3.63) is 52.1 Å². The number of hydrogen-bond donors (Lipinski definition) is 1. The molecule has 1 fully saturated rings. The summed E-state index contributed by atoms with van der Waals surface area (Å²) < 4.78 is 0. The molecule has 0 atom stereocenters. The molecule has 0 saturated carbocycles. The number of hydrogen-bond acceptors (Lipinski definition) is 3. The predicted octanol–water partition coefficient (Wildman–Crippen LogP) is 4.88. The zero-order valence-corrected chi connectivity index (χ0v) is 14.9. The Kier molecular flexibility index (Phi) is 5.27. The van der Waals surface area contributed by atoms with Crippen LogP contribution in [0.25, 0.3) is 0 Å². The van der Waals surface area contributed by atoms with Crippen LogP contribution < -0.4 is 10.2 Å². The SMILES string of the molecule is CC1CCN(c2cc(C(=O)Nc3cc(Cl)ccc3Cl)ccn2)CC1. The number of piperidine rings is 1. The van der Waals surface area contributed by atoms with Crippen molar-refractivity contribution in [3.63, 3.8) is 0 Å². The van der Waals surface area contributed by atoms with E-state index in [1.807, 2.05) is 6.07 Å². The van der Waals surface area contributed by atoms with Crippen molar-refractivity contribution < 1.29 is 4.79 Å². The van der Waals surface area contributed by atoms with Gasteiger partial charge in [0, 0.05) is 29.9 Å². The minimum atomic E-state index is -0.229. The highest BCUT2D eigenvalue weighted by molar-refractivity contribution is 6.35. The van der Waals surface area contributed by atoms with E-state index < -0.39 is 0 Å². The van der Waals surface area contributed by atoms with Crippen LogP contribution in [-0.2, 0) is 0 Å². The fraction of sp³-hybridized carbons (Fsp3) is 0.333. The van der Waals surface area contributed by atoms with Crippen LogP contribution in [0.3, 0.4) is 0 Å². The van der Waals surface area contributed by atoms with Gasteiger partial charge in [0.05, 0.1) is 10.7 Å². The molecule has 1 aromatic heterocycles. The van der Waals surface area contributed by atoms with E-state index in [2.05, 4.69) is 22.1 Å². The highest BCUT2D eigenvalue weighted by Gasteiger charge is 2.18. The van der Waals surface area contributed by atoms with Gasteiger partial charge in [0.1, 0.15) is 5.82 Å². The van der Waals surface area contributed by atoms with E-state index in [-0.39, 0.29) is 5.91 Å². The number of carbonyl (C=O) groups is 1. The molecule has 2 heterocycles. The maximum atomic E-state index is 12.5. The van der Waals surface area contributed by atoms with Crippen LogP contribution in [0.1, 0.15) is 30.1 Å². The third-order valence-electron chi connectivity index (χ3n) is 4.29. The van der Waals surface area contributed by atoms with Gasteiger partial charge in [-0.15, -0.1) is 0 Å². The van der Waals surface area contributed by atoms with Crippen LogP contribution in [0.2, 0.25) is 10.0 Å². The van der Waals surface area contributed by atoms with Crippen molar-refractivity contribution >= 4 is 40.6 Å². The third kappa shape index (κ3) is 4.00. The van der Waals surface area contributed by atoms with Crippen molar-refractivity contribution in [2.24, 2.45) is 5.92 Å². The van der Waals surface area contributed by atoms with E-state index in [0.717, 1.165) is 37.7 Å². The predicted molar refractivity (Wildman–Crippen MR) is 99.3 cm³/mol. The highest BCUT2D eigenvalue weighted by atomic mass is 35.5. The summed E-state index contributed by atoms with van der Waals surface area (Å²) in [5.41, 5.74) is 1.05. The number of pyridine rings is 1. The van der Waals surface area contributed by atoms with Crippen LogP contribution >= 0.6 is 23.2 Å². The fourth-order valence-electron chi connectivity index (χ4n) is 2.76. The lowest BCUT2D eigenvalue weighted by atomic mass is 9.99. The van der Waals surface area contributed by atoms with Crippen LogP contribution in [0.5, 0.6) is 0 Å². The molecule has 1 aromatic carbocycles. The van der Waals surface area contributed by atoms with E-state index in [1.165, 1.54) is 0 Å². The normalized spacial score (nSPS) is 15.4. The largest absolute Gasteiger partial charge is 0.357 e. The molecule has 0 spiro atoms. The fourth-order valence-corrected chi connectivity index (χ4v) is 3.09. The molecule has 3 rings (SSSR count). The van der Waals surface area contributed by atoms with Gasteiger partial charge < -0.3 is 10.2 Å². The monoisotopic (exact) mass is 363 g/mol. The molecule has 1 amide bonds. The summed E-state index contributed by atoms with van der Waals surface area (Å²) in [7, 11) is 0. The van der Waals surface area contributed by atoms with Gasteiger partial charge in [0.15, 0.2) is 0 Å². The standard InChI is InChI=1S/C18H19Cl2N3O/c1-12-5-8-23(9-6-12)17-10-13(4-7-21-17)18(24)22-16-11-14(19)2-3-15(16)20/h2-4,7,10-12H,5-6,8-9H2,1H3,(H,22,24). The summed E-state index contributed by atoms with van der Waals surface area (Å²) in [6.07, 6.45) is 3.97.